The quantitative estimate of drug-likeness (QED) is 0.886. The first-order chi connectivity index (χ1) is 10.1. The molecule has 0 aliphatic heterocycles. The number of carbonyl (C=O) groups is 1. The number of benzene rings is 1. The van der Waals surface area contributed by atoms with E-state index in [1.807, 2.05) is 38.1 Å². The Bertz CT molecular complexity index is 593. The summed E-state index contributed by atoms with van der Waals surface area (Å²) in [4.78, 5) is 19.6. The van der Waals surface area contributed by atoms with Gasteiger partial charge in [0.25, 0.3) is 0 Å². The third-order valence-electron chi connectivity index (χ3n) is 3.15. The van der Waals surface area contributed by atoms with Crippen LogP contribution in [0.2, 0.25) is 0 Å². The average molecular weight is 284 g/mol. The summed E-state index contributed by atoms with van der Waals surface area (Å²) in [6, 6.07) is 8.05. The second-order valence-corrected chi connectivity index (χ2v) is 4.87. The van der Waals surface area contributed by atoms with Gasteiger partial charge in [-0.15, -0.1) is 0 Å². The summed E-state index contributed by atoms with van der Waals surface area (Å²) in [7, 11) is 0. The molecule has 0 radical (unpaired) electrons. The van der Waals surface area contributed by atoms with E-state index < -0.39 is 0 Å². The number of carbonyl (C=O) groups excluding carboxylic acids is 1. The van der Waals surface area contributed by atoms with Crippen LogP contribution in [0.1, 0.15) is 32.4 Å². The number of rotatable bonds is 5. The number of amides is 1. The molecule has 0 bridgehead atoms. The molecule has 110 valence electrons. The van der Waals surface area contributed by atoms with Gasteiger partial charge in [0.15, 0.2) is 0 Å². The van der Waals surface area contributed by atoms with Crippen LogP contribution in [0.5, 0.6) is 0 Å². The molecule has 0 spiro atoms. The van der Waals surface area contributed by atoms with Crippen molar-refractivity contribution >= 4 is 11.9 Å². The fourth-order valence-electron chi connectivity index (χ4n) is 2.08. The molecular weight excluding hydrogens is 264 g/mol. The molecule has 1 aromatic carbocycles. The fourth-order valence-corrected chi connectivity index (χ4v) is 2.08. The monoisotopic (exact) mass is 284 g/mol. The maximum absolute atomic E-state index is 11.1. The number of anilines is 1. The van der Waals surface area contributed by atoms with Gasteiger partial charge in [0.1, 0.15) is 0 Å². The predicted molar refractivity (Wildman–Crippen MR) is 83.9 cm³/mol. The predicted octanol–water partition coefficient (Wildman–Crippen LogP) is 2.77. The van der Waals surface area contributed by atoms with Crippen molar-refractivity contribution in [2.45, 2.75) is 26.8 Å². The second-order valence-electron chi connectivity index (χ2n) is 4.87. The van der Waals surface area contributed by atoms with Crippen molar-refractivity contribution in [1.82, 2.24) is 15.3 Å². The fraction of sp³-hybridized carbons (Fsp3) is 0.312. The minimum atomic E-state index is -0.0287. The molecule has 2 aromatic rings. The van der Waals surface area contributed by atoms with Crippen LogP contribution >= 0.6 is 0 Å². The van der Waals surface area contributed by atoms with E-state index in [-0.39, 0.29) is 11.9 Å². The number of aromatic nitrogens is 2. The Labute approximate surface area is 124 Å². The van der Waals surface area contributed by atoms with Gasteiger partial charge in [-0.2, -0.15) is 0 Å². The molecule has 1 atom stereocenters. The third-order valence-corrected chi connectivity index (χ3v) is 3.15. The highest BCUT2D eigenvalue weighted by molar-refractivity contribution is 5.73. The topological polar surface area (TPSA) is 66.9 Å². The van der Waals surface area contributed by atoms with Crippen LogP contribution < -0.4 is 10.6 Å². The van der Waals surface area contributed by atoms with Crippen LogP contribution in [-0.2, 0) is 4.79 Å². The summed E-state index contributed by atoms with van der Waals surface area (Å²) >= 11 is 0. The number of nitrogens with zero attached hydrogens (tertiary/aromatic N) is 2. The van der Waals surface area contributed by atoms with Gasteiger partial charge in [-0.05, 0) is 25.0 Å². The first kappa shape index (κ1) is 15.0. The van der Waals surface area contributed by atoms with Gasteiger partial charge in [-0.25, -0.2) is 9.97 Å². The highest BCUT2D eigenvalue weighted by atomic mass is 16.1. The second kappa shape index (κ2) is 6.83. The van der Waals surface area contributed by atoms with E-state index in [9.17, 15) is 4.79 Å². The summed E-state index contributed by atoms with van der Waals surface area (Å²) < 4.78 is 0. The Morgan fingerprint density at radius 2 is 1.76 bits per heavy atom. The first-order valence-electron chi connectivity index (χ1n) is 7.03. The maximum Gasteiger partial charge on any atom is 0.222 e. The van der Waals surface area contributed by atoms with E-state index in [4.69, 9.17) is 0 Å². The highest BCUT2D eigenvalue weighted by Crippen LogP contribution is 2.21. The number of hydrogen-bond acceptors (Lipinski definition) is 4. The molecule has 1 heterocycles. The SMILES string of the molecule is CCNc1ncc(-c2ccc([C@H](C)NC(C)=O)cc2)cn1. The van der Waals surface area contributed by atoms with Crippen molar-refractivity contribution in [3.05, 3.63) is 42.2 Å². The van der Waals surface area contributed by atoms with Gasteiger partial charge >= 0.3 is 0 Å². The average Bonchev–Trinajstić information content (AvgIpc) is 2.48. The van der Waals surface area contributed by atoms with E-state index >= 15 is 0 Å². The summed E-state index contributed by atoms with van der Waals surface area (Å²) in [6.07, 6.45) is 3.61. The smallest absolute Gasteiger partial charge is 0.222 e. The third kappa shape index (κ3) is 4.02. The Morgan fingerprint density at radius 1 is 1.14 bits per heavy atom. The van der Waals surface area contributed by atoms with Crippen LogP contribution in [0, 0.1) is 0 Å². The molecule has 21 heavy (non-hydrogen) atoms. The van der Waals surface area contributed by atoms with Crippen LogP contribution in [0.3, 0.4) is 0 Å². The molecule has 2 N–H and O–H groups in total. The van der Waals surface area contributed by atoms with Gasteiger partial charge in [0.2, 0.25) is 11.9 Å². The summed E-state index contributed by atoms with van der Waals surface area (Å²) in [5.41, 5.74) is 3.09. The van der Waals surface area contributed by atoms with E-state index in [1.54, 1.807) is 12.4 Å². The molecule has 0 aliphatic carbocycles. The van der Waals surface area contributed by atoms with Crippen molar-refractivity contribution in [1.29, 1.82) is 0 Å². The van der Waals surface area contributed by atoms with Crippen molar-refractivity contribution < 1.29 is 4.79 Å². The molecule has 0 unspecified atom stereocenters. The van der Waals surface area contributed by atoms with E-state index in [2.05, 4.69) is 20.6 Å². The van der Waals surface area contributed by atoms with Gasteiger partial charge in [-0.3, -0.25) is 4.79 Å². The molecule has 5 nitrogen and oxygen atoms in total. The number of nitrogens with one attached hydrogen (secondary N) is 2. The lowest BCUT2D eigenvalue weighted by molar-refractivity contribution is -0.119. The lowest BCUT2D eigenvalue weighted by Gasteiger charge is -2.13. The van der Waals surface area contributed by atoms with E-state index in [0.717, 1.165) is 23.2 Å². The molecule has 0 aliphatic rings. The van der Waals surface area contributed by atoms with Crippen LogP contribution in [0.4, 0.5) is 5.95 Å². The zero-order chi connectivity index (χ0) is 15.2. The van der Waals surface area contributed by atoms with Crippen molar-refractivity contribution in [3.8, 4) is 11.1 Å². The zero-order valence-electron chi connectivity index (χ0n) is 12.6. The molecule has 0 saturated heterocycles. The zero-order valence-corrected chi connectivity index (χ0v) is 12.6. The Morgan fingerprint density at radius 3 is 2.29 bits per heavy atom. The van der Waals surface area contributed by atoms with Crippen LogP contribution in [0.25, 0.3) is 11.1 Å². The summed E-state index contributed by atoms with van der Waals surface area (Å²) in [5, 5.41) is 5.93. The van der Waals surface area contributed by atoms with Gasteiger partial charge in [0, 0.05) is 31.4 Å². The molecule has 2 rings (SSSR count). The van der Waals surface area contributed by atoms with Gasteiger partial charge in [-0.1, -0.05) is 24.3 Å². The number of hydrogen-bond donors (Lipinski definition) is 2. The standard InChI is InChI=1S/C16H20N4O/c1-4-17-16-18-9-15(10-19-16)14-7-5-13(6-8-14)11(2)20-12(3)21/h5-11H,4H2,1-3H3,(H,20,21)(H,17,18,19)/t11-/m0/s1. The summed E-state index contributed by atoms with van der Waals surface area (Å²) in [5.74, 6) is 0.608. The molecule has 1 amide bonds. The Balaban J connectivity index is 2.12. The molecule has 1 aromatic heterocycles. The van der Waals surface area contributed by atoms with Crippen molar-refractivity contribution in [2.75, 3.05) is 11.9 Å². The lowest BCUT2D eigenvalue weighted by atomic mass is 10.0. The van der Waals surface area contributed by atoms with Gasteiger partial charge in [0.05, 0.1) is 6.04 Å². The van der Waals surface area contributed by atoms with Crippen molar-refractivity contribution in [3.63, 3.8) is 0 Å². The van der Waals surface area contributed by atoms with Gasteiger partial charge < -0.3 is 10.6 Å². The van der Waals surface area contributed by atoms with E-state index in [0.29, 0.717) is 5.95 Å². The first-order valence-corrected chi connectivity index (χ1v) is 7.03. The lowest BCUT2D eigenvalue weighted by Crippen LogP contribution is -2.23. The normalized spacial score (nSPS) is 11.8. The Hall–Kier alpha value is -2.43. The summed E-state index contributed by atoms with van der Waals surface area (Å²) in [6.45, 7) is 6.29. The Kier molecular flexibility index (Phi) is 4.87. The molecule has 0 saturated carbocycles. The maximum atomic E-state index is 11.1. The highest BCUT2D eigenvalue weighted by Gasteiger charge is 2.07. The minimum Gasteiger partial charge on any atom is -0.355 e. The largest absolute Gasteiger partial charge is 0.355 e. The van der Waals surface area contributed by atoms with Crippen molar-refractivity contribution in [2.24, 2.45) is 0 Å². The van der Waals surface area contributed by atoms with Crippen LogP contribution in [-0.4, -0.2) is 22.4 Å². The molecule has 0 fully saturated rings. The van der Waals surface area contributed by atoms with E-state index in [1.165, 1.54) is 6.92 Å². The minimum absolute atomic E-state index is 0.00364. The molecular formula is C16H20N4O. The molecule has 5 heteroatoms. The van der Waals surface area contributed by atoms with Crippen LogP contribution in [0.15, 0.2) is 36.7 Å².